The number of benzene rings is 1. The normalized spacial score (nSPS) is 10.3. The minimum Gasteiger partial charge on any atom is -0.309 e. The minimum atomic E-state index is -0.542. The first-order valence-electron chi connectivity index (χ1n) is 5.80. The largest absolute Gasteiger partial charge is 0.309 e. The van der Waals surface area contributed by atoms with Crippen molar-refractivity contribution in [3.8, 4) is 0 Å². The molecule has 2 rings (SSSR count). The van der Waals surface area contributed by atoms with E-state index in [4.69, 9.17) is 11.6 Å². The van der Waals surface area contributed by atoms with Gasteiger partial charge in [0.15, 0.2) is 0 Å². The number of aromatic nitrogens is 1. The van der Waals surface area contributed by atoms with Crippen molar-refractivity contribution in [1.82, 2.24) is 4.98 Å². The monoisotopic (exact) mass is 278 g/mol. The molecular weight excluding hydrogens is 267 g/mol. The van der Waals surface area contributed by atoms with Crippen LogP contribution in [0.15, 0.2) is 42.7 Å². The summed E-state index contributed by atoms with van der Waals surface area (Å²) in [7, 11) is 0. The van der Waals surface area contributed by atoms with Crippen molar-refractivity contribution in [2.45, 2.75) is 6.92 Å². The van der Waals surface area contributed by atoms with E-state index in [-0.39, 0.29) is 10.9 Å². The van der Waals surface area contributed by atoms with E-state index in [0.717, 1.165) is 0 Å². The van der Waals surface area contributed by atoms with Gasteiger partial charge in [0.1, 0.15) is 5.82 Å². The zero-order valence-electron chi connectivity index (χ0n) is 10.3. The molecule has 1 aromatic heterocycles. The zero-order valence-corrected chi connectivity index (χ0v) is 11.1. The number of nitrogens with zero attached hydrogens (tertiary/aromatic N) is 2. The van der Waals surface area contributed by atoms with E-state index < -0.39 is 5.82 Å². The Bertz CT molecular complexity index is 589. The highest BCUT2D eigenvalue weighted by Crippen LogP contribution is 2.23. The number of halogens is 2. The molecule has 2 aromatic rings. The number of amides is 1. The van der Waals surface area contributed by atoms with Gasteiger partial charge in [-0.25, -0.2) is 4.39 Å². The molecule has 1 heterocycles. The van der Waals surface area contributed by atoms with Crippen LogP contribution in [-0.4, -0.2) is 17.4 Å². The molecule has 1 aromatic carbocycles. The summed E-state index contributed by atoms with van der Waals surface area (Å²) in [6, 6.07) is 7.56. The first-order valence-corrected chi connectivity index (χ1v) is 6.18. The molecule has 0 aliphatic heterocycles. The summed E-state index contributed by atoms with van der Waals surface area (Å²) in [4.78, 5) is 17.7. The molecule has 0 bridgehead atoms. The van der Waals surface area contributed by atoms with E-state index in [1.807, 2.05) is 6.92 Å². The molecule has 0 saturated heterocycles. The van der Waals surface area contributed by atoms with Gasteiger partial charge in [-0.15, -0.1) is 0 Å². The van der Waals surface area contributed by atoms with Crippen molar-refractivity contribution in [3.63, 3.8) is 0 Å². The van der Waals surface area contributed by atoms with Crippen molar-refractivity contribution in [2.75, 3.05) is 11.4 Å². The third-order valence-corrected chi connectivity index (χ3v) is 3.01. The lowest BCUT2D eigenvalue weighted by Gasteiger charge is -2.21. The van der Waals surface area contributed by atoms with Crippen LogP contribution < -0.4 is 4.90 Å². The summed E-state index contributed by atoms with van der Waals surface area (Å²) in [5.74, 6) is -0.744. The van der Waals surface area contributed by atoms with Crippen LogP contribution in [0.25, 0.3) is 0 Å². The lowest BCUT2D eigenvalue weighted by Crippen LogP contribution is -2.30. The van der Waals surface area contributed by atoms with Crippen LogP contribution in [-0.2, 0) is 0 Å². The highest BCUT2D eigenvalue weighted by atomic mass is 35.5. The maximum Gasteiger partial charge on any atom is 0.258 e. The van der Waals surface area contributed by atoms with Crippen molar-refractivity contribution < 1.29 is 9.18 Å². The Morgan fingerprint density at radius 2 is 2.00 bits per heavy atom. The van der Waals surface area contributed by atoms with Gasteiger partial charge in [-0.05, 0) is 37.3 Å². The quantitative estimate of drug-likeness (QED) is 0.860. The maximum absolute atomic E-state index is 13.5. The van der Waals surface area contributed by atoms with Crippen LogP contribution >= 0.6 is 11.6 Å². The van der Waals surface area contributed by atoms with Gasteiger partial charge in [-0.3, -0.25) is 9.78 Å². The molecule has 0 aliphatic rings. The van der Waals surface area contributed by atoms with Gasteiger partial charge in [0.2, 0.25) is 0 Å². The number of rotatable bonds is 3. The van der Waals surface area contributed by atoms with Crippen molar-refractivity contribution in [2.24, 2.45) is 0 Å². The second-order valence-corrected chi connectivity index (χ2v) is 4.29. The molecular formula is C14H12ClFN2O. The van der Waals surface area contributed by atoms with Gasteiger partial charge in [-0.1, -0.05) is 11.6 Å². The SMILES string of the molecule is CCN(C(=O)c1ccncc1)c1ccc(Cl)c(F)c1. The van der Waals surface area contributed by atoms with Crippen LogP contribution in [0.4, 0.5) is 10.1 Å². The molecule has 0 fully saturated rings. The fourth-order valence-electron chi connectivity index (χ4n) is 1.75. The summed E-state index contributed by atoms with van der Waals surface area (Å²) >= 11 is 5.64. The fraction of sp³-hybridized carbons (Fsp3) is 0.143. The average molecular weight is 279 g/mol. The molecule has 5 heteroatoms. The van der Waals surface area contributed by atoms with Crippen molar-refractivity contribution in [1.29, 1.82) is 0 Å². The van der Waals surface area contributed by atoms with Gasteiger partial charge >= 0.3 is 0 Å². The van der Waals surface area contributed by atoms with E-state index in [9.17, 15) is 9.18 Å². The molecule has 0 saturated carbocycles. The molecule has 0 unspecified atom stereocenters. The Kier molecular flexibility index (Phi) is 4.12. The zero-order chi connectivity index (χ0) is 13.8. The van der Waals surface area contributed by atoms with E-state index in [1.54, 1.807) is 30.6 Å². The van der Waals surface area contributed by atoms with E-state index in [2.05, 4.69) is 4.98 Å². The Morgan fingerprint density at radius 1 is 1.32 bits per heavy atom. The van der Waals surface area contributed by atoms with Gasteiger partial charge < -0.3 is 4.90 Å². The third-order valence-electron chi connectivity index (χ3n) is 2.70. The molecule has 0 N–H and O–H groups in total. The number of hydrogen-bond acceptors (Lipinski definition) is 2. The molecule has 0 spiro atoms. The number of pyridine rings is 1. The second kappa shape index (κ2) is 5.80. The van der Waals surface area contributed by atoms with E-state index >= 15 is 0 Å². The molecule has 0 atom stereocenters. The predicted octanol–water partition coefficient (Wildman–Crippen LogP) is 3.54. The van der Waals surface area contributed by atoms with Crippen LogP contribution in [0.2, 0.25) is 5.02 Å². The molecule has 98 valence electrons. The van der Waals surface area contributed by atoms with Gasteiger partial charge in [0.25, 0.3) is 5.91 Å². The first-order chi connectivity index (χ1) is 9.13. The molecule has 3 nitrogen and oxygen atoms in total. The Hall–Kier alpha value is -1.94. The van der Waals surface area contributed by atoms with E-state index in [1.165, 1.54) is 17.0 Å². The highest BCUT2D eigenvalue weighted by molar-refractivity contribution is 6.30. The van der Waals surface area contributed by atoms with Crippen molar-refractivity contribution >= 4 is 23.2 Å². The van der Waals surface area contributed by atoms with Gasteiger partial charge in [0, 0.05) is 30.2 Å². The van der Waals surface area contributed by atoms with Crippen molar-refractivity contribution in [3.05, 3.63) is 59.1 Å². The Morgan fingerprint density at radius 3 is 2.58 bits per heavy atom. The maximum atomic E-state index is 13.5. The lowest BCUT2D eigenvalue weighted by atomic mass is 10.2. The number of anilines is 1. The standard InChI is InChI=1S/C14H12ClFN2O/c1-2-18(11-3-4-12(15)13(16)9-11)14(19)10-5-7-17-8-6-10/h3-9H,2H2,1H3. The van der Waals surface area contributed by atoms with Gasteiger partial charge in [0.05, 0.1) is 5.02 Å². The van der Waals surface area contributed by atoms with Crippen LogP contribution in [0.1, 0.15) is 17.3 Å². The van der Waals surface area contributed by atoms with Crippen LogP contribution in [0, 0.1) is 5.82 Å². The number of carbonyl (C=O) groups excluding carboxylic acids is 1. The second-order valence-electron chi connectivity index (χ2n) is 3.88. The third kappa shape index (κ3) is 2.90. The van der Waals surface area contributed by atoms with Crippen LogP contribution in [0.5, 0.6) is 0 Å². The predicted molar refractivity (Wildman–Crippen MR) is 73.0 cm³/mol. The minimum absolute atomic E-state index is 0.0381. The lowest BCUT2D eigenvalue weighted by molar-refractivity contribution is 0.0988. The number of hydrogen-bond donors (Lipinski definition) is 0. The molecule has 19 heavy (non-hydrogen) atoms. The summed E-state index contributed by atoms with van der Waals surface area (Å²) in [6.45, 7) is 2.26. The molecule has 0 radical (unpaired) electrons. The molecule has 1 amide bonds. The average Bonchev–Trinajstić information content (AvgIpc) is 2.44. The first kappa shape index (κ1) is 13.5. The fourth-order valence-corrected chi connectivity index (χ4v) is 1.86. The summed E-state index contributed by atoms with van der Waals surface area (Å²) in [6.07, 6.45) is 3.09. The van der Waals surface area contributed by atoms with Gasteiger partial charge in [-0.2, -0.15) is 0 Å². The highest BCUT2D eigenvalue weighted by Gasteiger charge is 2.16. The Balaban J connectivity index is 2.34. The smallest absolute Gasteiger partial charge is 0.258 e. The topological polar surface area (TPSA) is 33.2 Å². The Labute approximate surface area is 115 Å². The summed E-state index contributed by atoms with van der Waals surface area (Å²) in [5, 5.41) is 0.0381. The summed E-state index contributed by atoms with van der Waals surface area (Å²) in [5.41, 5.74) is 0.985. The summed E-state index contributed by atoms with van der Waals surface area (Å²) < 4.78 is 13.5. The van der Waals surface area contributed by atoms with Crippen LogP contribution in [0.3, 0.4) is 0 Å². The van der Waals surface area contributed by atoms with E-state index in [0.29, 0.717) is 17.8 Å². The number of carbonyl (C=O) groups is 1. The molecule has 0 aliphatic carbocycles.